The Kier molecular flexibility index (Phi) is 5.04. The molecule has 0 spiro atoms. The molecule has 0 saturated carbocycles. The maximum Gasteiger partial charge on any atom is 0.310 e. The molecule has 0 fully saturated rings. The fourth-order valence-corrected chi connectivity index (χ4v) is 1.78. The van der Waals surface area contributed by atoms with Crippen molar-refractivity contribution in [2.75, 3.05) is 0 Å². The molecule has 0 aliphatic rings. The van der Waals surface area contributed by atoms with Gasteiger partial charge >= 0.3 is 5.97 Å². The molecule has 3 nitrogen and oxygen atoms in total. The highest BCUT2D eigenvalue weighted by Crippen LogP contribution is 2.20. The molecule has 2 aromatic rings. The fraction of sp³-hybridized carbons (Fsp3) is 0.111. The van der Waals surface area contributed by atoms with Gasteiger partial charge in [0.1, 0.15) is 5.75 Å². The van der Waals surface area contributed by atoms with Crippen molar-refractivity contribution < 1.29 is 14.3 Å². The van der Waals surface area contributed by atoms with E-state index in [1.165, 1.54) is 6.08 Å². The second-order valence-electron chi connectivity index (χ2n) is 4.43. The minimum atomic E-state index is -0.359. The number of hydrogen-bond donors (Lipinski definition) is 0. The van der Waals surface area contributed by atoms with Gasteiger partial charge in [0.2, 0.25) is 0 Å². The van der Waals surface area contributed by atoms with Crippen LogP contribution in [0.4, 0.5) is 0 Å². The second-order valence-corrected chi connectivity index (χ2v) is 4.43. The van der Waals surface area contributed by atoms with Gasteiger partial charge in [0.25, 0.3) is 0 Å². The zero-order valence-electron chi connectivity index (χ0n) is 11.8. The first-order chi connectivity index (χ1) is 10.2. The molecule has 106 valence electrons. The first-order valence-electron chi connectivity index (χ1n) is 6.78. The van der Waals surface area contributed by atoms with E-state index in [2.05, 4.69) is 0 Å². The van der Waals surface area contributed by atoms with Crippen molar-refractivity contribution in [1.82, 2.24) is 0 Å². The predicted octanol–water partition coefficient (Wildman–Crippen LogP) is 3.90. The van der Waals surface area contributed by atoms with Crippen LogP contribution in [-0.4, -0.2) is 11.8 Å². The first kappa shape index (κ1) is 14.7. The summed E-state index contributed by atoms with van der Waals surface area (Å²) in [6.45, 7) is 1.71. The van der Waals surface area contributed by atoms with Crippen LogP contribution in [0.1, 0.15) is 29.3 Å². The van der Waals surface area contributed by atoms with Crippen molar-refractivity contribution in [2.45, 2.75) is 13.3 Å². The molecule has 0 aliphatic carbocycles. The Morgan fingerprint density at radius 2 is 1.67 bits per heavy atom. The number of para-hydroxylation sites is 1. The lowest BCUT2D eigenvalue weighted by atomic mass is 10.1. The fourth-order valence-electron chi connectivity index (χ4n) is 1.78. The second kappa shape index (κ2) is 7.20. The summed E-state index contributed by atoms with van der Waals surface area (Å²) in [5.41, 5.74) is 1.32. The molecule has 0 radical (unpaired) electrons. The van der Waals surface area contributed by atoms with E-state index in [0.29, 0.717) is 11.3 Å². The molecule has 0 aliphatic heterocycles. The minimum absolute atomic E-state index is 0.196. The number of rotatable bonds is 5. The average Bonchev–Trinajstić information content (AvgIpc) is 2.54. The highest BCUT2D eigenvalue weighted by atomic mass is 16.5. The minimum Gasteiger partial charge on any atom is -0.426 e. The van der Waals surface area contributed by atoms with Crippen LogP contribution in [0.5, 0.6) is 5.75 Å². The summed E-state index contributed by atoms with van der Waals surface area (Å²) >= 11 is 0. The average molecular weight is 280 g/mol. The van der Waals surface area contributed by atoms with Crippen molar-refractivity contribution >= 4 is 17.8 Å². The number of esters is 1. The third kappa shape index (κ3) is 4.14. The van der Waals surface area contributed by atoms with Gasteiger partial charge in [-0.1, -0.05) is 55.5 Å². The summed E-state index contributed by atoms with van der Waals surface area (Å²) in [4.78, 5) is 23.6. The number of carbonyl (C=O) groups is 2. The number of ether oxygens (including phenoxy) is 1. The summed E-state index contributed by atoms with van der Waals surface area (Å²) in [5, 5.41) is 0. The predicted molar refractivity (Wildman–Crippen MR) is 82.2 cm³/mol. The number of carbonyl (C=O) groups excluding carboxylic acids is 2. The number of allylic oxidation sites excluding steroid dienone is 1. The molecule has 0 bridgehead atoms. The normalized spacial score (nSPS) is 10.5. The lowest BCUT2D eigenvalue weighted by molar-refractivity contribution is -0.134. The summed E-state index contributed by atoms with van der Waals surface area (Å²) in [6.07, 6.45) is 3.48. The van der Waals surface area contributed by atoms with Gasteiger partial charge in [-0.25, -0.2) is 0 Å². The molecule has 0 heterocycles. The molecular formula is C18H16O3. The van der Waals surface area contributed by atoms with E-state index in [1.807, 2.05) is 30.3 Å². The van der Waals surface area contributed by atoms with Gasteiger partial charge in [-0.2, -0.15) is 0 Å². The van der Waals surface area contributed by atoms with Crippen LogP contribution in [-0.2, 0) is 4.79 Å². The molecule has 0 amide bonds. The number of ketones is 1. The molecule has 2 rings (SSSR count). The Morgan fingerprint density at radius 3 is 2.38 bits per heavy atom. The van der Waals surface area contributed by atoms with E-state index < -0.39 is 0 Å². The van der Waals surface area contributed by atoms with Gasteiger partial charge < -0.3 is 4.74 Å². The van der Waals surface area contributed by atoms with Gasteiger partial charge in [0, 0.05) is 6.42 Å². The van der Waals surface area contributed by atoms with Crippen LogP contribution >= 0.6 is 0 Å². The molecule has 3 heteroatoms. The Balaban J connectivity index is 2.19. The zero-order valence-corrected chi connectivity index (χ0v) is 11.8. The highest BCUT2D eigenvalue weighted by Gasteiger charge is 2.11. The summed E-state index contributed by atoms with van der Waals surface area (Å²) in [6, 6.07) is 16.3. The van der Waals surface area contributed by atoms with Crippen molar-refractivity contribution in [2.24, 2.45) is 0 Å². The van der Waals surface area contributed by atoms with E-state index >= 15 is 0 Å². The van der Waals surface area contributed by atoms with Gasteiger partial charge in [-0.15, -0.1) is 0 Å². The third-order valence-electron chi connectivity index (χ3n) is 2.89. The molecule has 2 aromatic carbocycles. The van der Waals surface area contributed by atoms with Crippen LogP contribution in [0.3, 0.4) is 0 Å². The van der Waals surface area contributed by atoms with Crippen molar-refractivity contribution in [3.8, 4) is 5.75 Å². The van der Waals surface area contributed by atoms with Crippen molar-refractivity contribution in [3.05, 3.63) is 71.8 Å². The van der Waals surface area contributed by atoms with Crippen LogP contribution in [0.15, 0.2) is 60.7 Å². The smallest absolute Gasteiger partial charge is 0.310 e. The summed E-state index contributed by atoms with van der Waals surface area (Å²) in [7, 11) is 0. The van der Waals surface area contributed by atoms with Crippen LogP contribution < -0.4 is 4.74 Å². The number of benzene rings is 2. The largest absolute Gasteiger partial charge is 0.426 e. The van der Waals surface area contributed by atoms with Crippen molar-refractivity contribution in [1.29, 1.82) is 0 Å². The van der Waals surface area contributed by atoms with E-state index in [-0.39, 0.29) is 18.2 Å². The zero-order chi connectivity index (χ0) is 15.1. The van der Waals surface area contributed by atoms with Crippen molar-refractivity contribution in [3.63, 3.8) is 0 Å². The first-order valence-corrected chi connectivity index (χ1v) is 6.78. The van der Waals surface area contributed by atoms with Crippen LogP contribution in [0.25, 0.3) is 6.08 Å². The molecule has 21 heavy (non-hydrogen) atoms. The van der Waals surface area contributed by atoms with E-state index in [9.17, 15) is 9.59 Å². The standard InChI is InChI=1S/C18H16O3/c1-2-18(20)21-17-11-7-6-10-15(17)16(19)13-12-14-8-4-3-5-9-14/h3-13H,2H2,1H3. The highest BCUT2D eigenvalue weighted by molar-refractivity contribution is 6.08. The molecule has 0 N–H and O–H groups in total. The third-order valence-corrected chi connectivity index (χ3v) is 2.89. The Labute approximate surface area is 123 Å². The van der Waals surface area contributed by atoms with Gasteiger partial charge in [0.05, 0.1) is 5.56 Å². The maximum absolute atomic E-state index is 12.2. The van der Waals surface area contributed by atoms with Gasteiger partial charge in [0.15, 0.2) is 5.78 Å². The SMILES string of the molecule is CCC(=O)Oc1ccccc1C(=O)C=Cc1ccccc1. The molecule has 0 saturated heterocycles. The van der Waals surface area contributed by atoms with Crippen LogP contribution in [0, 0.1) is 0 Å². The topological polar surface area (TPSA) is 43.4 Å². The molecular weight excluding hydrogens is 264 g/mol. The van der Waals surface area contributed by atoms with Gasteiger partial charge in [-0.3, -0.25) is 9.59 Å². The van der Waals surface area contributed by atoms with E-state index in [0.717, 1.165) is 5.56 Å². The quantitative estimate of drug-likeness (QED) is 0.361. The lowest BCUT2D eigenvalue weighted by Gasteiger charge is -2.06. The Bertz CT molecular complexity index is 657. The van der Waals surface area contributed by atoms with E-state index in [4.69, 9.17) is 4.74 Å². The summed E-state index contributed by atoms with van der Waals surface area (Å²) < 4.78 is 5.17. The molecule has 0 atom stereocenters. The lowest BCUT2D eigenvalue weighted by Crippen LogP contribution is -2.09. The molecule has 0 unspecified atom stereocenters. The van der Waals surface area contributed by atoms with Gasteiger partial charge in [-0.05, 0) is 23.8 Å². The Morgan fingerprint density at radius 1 is 1.00 bits per heavy atom. The van der Waals surface area contributed by atoms with E-state index in [1.54, 1.807) is 37.3 Å². The monoisotopic (exact) mass is 280 g/mol. The maximum atomic E-state index is 12.2. The molecule has 0 aromatic heterocycles. The number of hydrogen-bond acceptors (Lipinski definition) is 3. The van der Waals surface area contributed by atoms with Crippen LogP contribution in [0.2, 0.25) is 0 Å². The summed E-state index contributed by atoms with van der Waals surface area (Å²) in [5.74, 6) is -0.257. The Hall–Kier alpha value is -2.68.